The first kappa shape index (κ1) is 18.5. The minimum atomic E-state index is -5.28. The van der Waals surface area contributed by atoms with Gasteiger partial charge < -0.3 is 19.6 Å². The number of carbonyl (C=O) groups excluding carboxylic acids is 2. The van der Waals surface area contributed by atoms with Crippen LogP contribution in [0.25, 0.3) is 0 Å². The lowest BCUT2D eigenvalue weighted by atomic mass is 9.93. The molecular formula is C16H14F3NO5. The fraction of sp³-hybridized carbons (Fsp3) is 0.250. The Hall–Kier alpha value is -2.81. The largest absolute Gasteiger partial charge is 0.463 e. The van der Waals surface area contributed by atoms with E-state index in [4.69, 9.17) is 4.42 Å². The molecule has 1 aromatic heterocycles. The standard InChI is InChI=1S/C16H14F3NO5/c1-2-24-14(22)15(23,16(17,18)19)10-5-7-11(8-6-10)20-13(21)12-4-3-9-25-12/h3-9,23H,2H2,1H3,(H,20,21)/t15-/m0/s1. The third-order valence-corrected chi connectivity index (χ3v) is 3.29. The highest BCUT2D eigenvalue weighted by molar-refractivity contribution is 6.02. The number of hydrogen-bond acceptors (Lipinski definition) is 5. The van der Waals surface area contributed by atoms with Crippen molar-refractivity contribution in [1.82, 2.24) is 0 Å². The van der Waals surface area contributed by atoms with E-state index in [0.717, 1.165) is 24.3 Å². The van der Waals surface area contributed by atoms with Crippen molar-refractivity contribution in [1.29, 1.82) is 0 Å². The molecule has 0 unspecified atom stereocenters. The lowest BCUT2D eigenvalue weighted by Crippen LogP contribution is -2.50. The summed E-state index contributed by atoms with van der Waals surface area (Å²) in [6.45, 7) is 0.996. The number of anilines is 1. The molecule has 25 heavy (non-hydrogen) atoms. The van der Waals surface area contributed by atoms with Gasteiger partial charge in [0.05, 0.1) is 12.9 Å². The molecule has 0 saturated heterocycles. The summed E-state index contributed by atoms with van der Waals surface area (Å²) in [6, 6.07) is 6.90. The molecule has 0 aliphatic carbocycles. The minimum absolute atomic E-state index is 0.0161. The second-order valence-corrected chi connectivity index (χ2v) is 4.94. The number of alkyl halides is 3. The Kier molecular flexibility index (Phi) is 5.17. The number of furan rings is 1. The number of ether oxygens (including phenoxy) is 1. The Labute approximate surface area is 140 Å². The normalized spacial score (nSPS) is 13.8. The van der Waals surface area contributed by atoms with E-state index in [-0.39, 0.29) is 18.1 Å². The van der Waals surface area contributed by atoms with Crippen molar-refractivity contribution in [2.75, 3.05) is 11.9 Å². The molecule has 2 rings (SSSR count). The van der Waals surface area contributed by atoms with Crippen molar-refractivity contribution in [3.8, 4) is 0 Å². The molecule has 0 spiro atoms. The number of esters is 1. The summed E-state index contributed by atoms with van der Waals surface area (Å²) in [4.78, 5) is 23.5. The summed E-state index contributed by atoms with van der Waals surface area (Å²) in [7, 11) is 0. The van der Waals surface area contributed by atoms with Crippen molar-refractivity contribution >= 4 is 17.6 Å². The van der Waals surface area contributed by atoms with Crippen LogP contribution < -0.4 is 5.32 Å². The Bertz CT molecular complexity index is 740. The van der Waals surface area contributed by atoms with Crippen LogP contribution in [-0.4, -0.2) is 29.8 Å². The minimum Gasteiger partial charge on any atom is -0.463 e. The number of benzene rings is 1. The molecule has 1 atom stereocenters. The van der Waals surface area contributed by atoms with E-state index in [1.165, 1.54) is 25.3 Å². The molecule has 1 heterocycles. The topological polar surface area (TPSA) is 88.8 Å². The van der Waals surface area contributed by atoms with Gasteiger partial charge in [-0.25, -0.2) is 4.79 Å². The van der Waals surface area contributed by atoms with Crippen LogP contribution in [-0.2, 0) is 15.1 Å². The summed E-state index contributed by atoms with van der Waals surface area (Å²) in [5.74, 6) is -2.41. The molecule has 0 aliphatic heterocycles. The quantitative estimate of drug-likeness (QED) is 0.804. The summed E-state index contributed by atoms with van der Waals surface area (Å²) in [5.41, 5.74) is -4.37. The van der Waals surface area contributed by atoms with Crippen LogP contribution in [0.3, 0.4) is 0 Å². The fourth-order valence-corrected chi connectivity index (χ4v) is 2.03. The van der Waals surface area contributed by atoms with Crippen LogP contribution in [0.15, 0.2) is 47.1 Å². The number of halogens is 3. The first-order chi connectivity index (χ1) is 11.7. The monoisotopic (exact) mass is 357 g/mol. The van der Waals surface area contributed by atoms with Crippen molar-refractivity contribution in [3.63, 3.8) is 0 Å². The zero-order valence-corrected chi connectivity index (χ0v) is 13.0. The van der Waals surface area contributed by atoms with Gasteiger partial charge in [0.2, 0.25) is 0 Å². The molecule has 2 aromatic rings. The van der Waals surface area contributed by atoms with Gasteiger partial charge in [0.1, 0.15) is 0 Å². The highest BCUT2D eigenvalue weighted by Crippen LogP contribution is 2.40. The van der Waals surface area contributed by atoms with Crippen molar-refractivity contribution < 1.29 is 37.0 Å². The number of amides is 1. The van der Waals surface area contributed by atoms with Crippen molar-refractivity contribution in [2.45, 2.75) is 18.7 Å². The Morgan fingerprint density at radius 3 is 2.32 bits per heavy atom. The molecule has 0 aliphatic rings. The molecule has 6 nitrogen and oxygen atoms in total. The molecule has 1 amide bonds. The third-order valence-electron chi connectivity index (χ3n) is 3.29. The average Bonchev–Trinajstić information content (AvgIpc) is 3.08. The number of nitrogens with one attached hydrogen (secondary N) is 1. The zero-order valence-electron chi connectivity index (χ0n) is 13.0. The van der Waals surface area contributed by atoms with E-state index in [9.17, 15) is 27.9 Å². The van der Waals surface area contributed by atoms with Crippen LogP contribution in [0, 0.1) is 0 Å². The summed E-state index contributed by atoms with van der Waals surface area (Å²) in [5, 5.41) is 12.3. The maximum Gasteiger partial charge on any atom is 0.432 e. The molecule has 9 heteroatoms. The maximum atomic E-state index is 13.2. The maximum absolute atomic E-state index is 13.2. The van der Waals surface area contributed by atoms with E-state index in [1.54, 1.807) is 0 Å². The second-order valence-electron chi connectivity index (χ2n) is 4.94. The van der Waals surface area contributed by atoms with Crippen molar-refractivity contribution in [2.24, 2.45) is 0 Å². The van der Waals surface area contributed by atoms with Gasteiger partial charge in [-0.3, -0.25) is 4.79 Å². The van der Waals surface area contributed by atoms with Gasteiger partial charge in [-0.2, -0.15) is 13.2 Å². The van der Waals surface area contributed by atoms with Gasteiger partial charge in [0.15, 0.2) is 5.76 Å². The molecule has 134 valence electrons. The van der Waals surface area contributed by atoms with Crippen LogP contribution in [0.2, 0.25) is 0 Å². The fourth-order valence-electron chi connectivity index (χ4n) is 2.03. The SMILES string of the molecule is CCOC(=O)[C@@](O)(c1ccc(NC(=O)c2ccco2)cc1)C(F)(F)F. The van der Waals surface area contributed by atoms with E-state index in [1.807, 2.05) is 0 Å². The average molecular weight is 357 g/mol. The first-order valence-corrected chi connectivity index (χ1v) is 7.12. The van der Waals surface area contributed by atoms with Gasteiger partial charge in [-0.15, -0.1) is 0 Å². The Morgan fingerprint density at radius 1 is 1.20 bits per heavy atom. The third kappa shape index (κ3) is 3.66. The van der Waals surface area contributed by atoms with Gasteiger partial charge in [0, 0.05) is 11.3 Å². The Morgan fingerprint density at radius 2 is 1.84 bits per heavy atom. The molecule has 0 fully saturated rings. The predicted molar refractivity (Wildman–Crippen MR) is 79.7 cm³/mol. The highest BCUT2D eigenvalue weighted by Gasteiger charge is 2.62. The van der Waals surface area contributed by atoms with Crippen LogP contribution in [0.5, 0.6) is 0 Å². The molecule has 0 bridgehead atoms. The molecule has 2 N–H and O–H groups in total. The summed E-state index contributed by atoms with van der Waals surface area (Å²) in [6.07, 6.45) is -3.99. The van der Waals surface area contributed by atoms with Gasteiger partial charge in [-0.1, -0.05) is 12.1 Å². The second kappa shape index (κ2) is 6.98. The smallest absolute Gasteiger partial charge is 0.432 e. The van der Waals surface area contributed by atoms with Gasteiger partial charge in [0.25, 0.3) is 11.5 Å². The number of hydrogen-bond donors (Lipinski definition) is 2. The highest BCUT2D eigenvalue weighted by atomic mass is 19.4. The summed E-state index contributed by atoms with van der Waals surface area (Å²) < 4.78 is 48.9. The summed E-state index contributed by atoms with van der Waals surface area (Å²) >= 11 is 0. The number of rotatable bonds is 5. The molecule has 1 aromatic carbocycles. The zero-order chi connectivity index (χ0) is 18.7. The van der Waals surface area contributed by atoms with Crippen LogP contribution in [0.1, 0.15) is 23.0 Å². The number of aliphatic hydroxyl groups is 1. The Balaban J connectivity index is 2.27. The lowest BCUT2D eigenvalue weighted by Gasteiger charge is -2.28. The predicted octanol–water partition coefficient (Wildman–Crippen LogP) is 2.84. The van der Waals surface area contributed by atoms with E-state index in [2.05, 4.69) is 10.1 Å². The van der Waals surface area contributed by atoms with E-state index >= 15 is 0 Å². The van der Waals surface area contributed by atoms with Crippen LogP contribution >= 0.6 is 0 Å². The molecular weight excluding hydrogens is 343 g/mol. The molecule has 0 saturated carbocycles. The van der Waals surface area contributed by atoms with Gasteiger partial charge >= 0.3 is 12.1 Å². The van der Waals surface area contributed by atoms with E-state index in [0.29, 0.717) is 0 Å². The van der Waals surface area contributed by atoms with E-state index < -0.39 is 29.2 Å². The van der Waals surface area contributed by atoms with Gasteiger partial charge in [-0.05, 0) is 31.2 Å². The molecule has 0 radical (unpaired) electrons. The van der Waals surface area contributed by atoms with Crippen LogP contribution in [0.4, 0.5) is 18.9 Å². The lowest BCUT2D eigenvalue weighted by molar-refractivity contribution is -0.267. The number of carbonyl (C=O) groups is 2. The van der Waals surface area contributed by atoms with Crippen molar-refractivity contribution in [3.05, 3.63) is 54.0 Å². The first-order valence-electron chi connectivity index (χ1n) is 7.12.